The predicted molar refractivity (Wildman–Crippen MR) is 125 cm³/mol. The Bertz CT molecular complexity index is 678. The number of hydrogen-bond donors (Lipinski definition) is 2. The molecule has 0 fully saturated rings. The number of likely N-dealkylation sites (N-methyl/N-ethyl adjacent to an activating group) is 1. The number of nitrogens with two attached hydrogens (primary N) is 1. The molecule has 7 nitrogen and oxygen atoms in total. The van der Waals surface area contributed by atoms with E-state index in [-0.39, 0.29) is 6.09 Å². The fourth-order valence-electron chi connectivity index (χ4n) is 1.98. The molecule has 10 heteroatoms. The van der Waals surface area contributed by atoms with Crippen LogP contribution in [0.25, 0.3) is 0 Å². The Labute approximate surface area is 179 Å². The topological polar surface area (TPSA) is 89.2 Å². The van der Waals surface area contributed by atoms with Gasteiger partial charge in [0.1, 0.15) is 18.0 Å². The molecule has 0 aliphatic rings. The number of nitrogens with zero attached hydrogens (tertiary/aromatic N) is 2. The van der Waals surface area contributed by atoms with Crippen LogP contribution in [0.5, 0.6) is 5.75 Å². The second kappa shape index (κ2) is 12.1. The molecule has 1 unspecified atom stereocenters. The Kier molecular flexibility index (Phi) is 10.6. The zero-order valence-electron chi connectivity index (χ0n) is 16.7. The number of rotatable bonds is 7. The molecule has 1 amide bonds. The van der Waals surface area contributed by atoms with Gasteiger partial charge in [-0.15, -0.1) is 9.24 Å². The maximum absolute atomic E-state index is 12.1. The van der Waals surface area contributed by atoms with Crippen molar-refractivity contribution in [2.24, 2.45) is 10.7 Å². The molecule has 0 bridgehead atoms. The molecule has 3 N–H and O–H groups in total. The van der Waals surface area contributed by atoms with Crippen LogP contribution < -0.4 is 15.8 Å². The molecule has 0 saturated heterocycles. The highest BCUT2D eigenvalue weighted by Gasteiger charge is 2.20. The molecular weight excluding hydrogens is 415 g/mol. The van der Waals surface area contributed by atoms with Gasteiger partial charge in [-0.05, 0) is 64.2 Å². The van der Waals surface area contributed by atoms with E-state index in [0.29, 0.717) is 35.7 Å². The van der Waals surface area contributed by atoms with E-state index >= 15 is 0 Å². The minimum atomic E-state index is -0.516. The third kappa shape index (κ3) is 10.1. The van der Waals surface area contributed by atoms with Crippen LogP contribution in [-0.2, 0) is 4.74 Å². The van der Waals surface area contributed by atoms with Crippen LogP contribution in [-0.4, -0.2) is 52.1 Å². The molecular formula is C18H29N4O3PS2. The summed E-state index contributed by atoms with van der Waals surface area (Å²) in [6, 6.07) is 7.31. The number of thioether (sulfide) groups is 1. The molecule has 0 heterocycles. The summed E-state index contributed by atoms with van der Waals surface area (Å²) in [7, 11) is 2.56. The first-order valence-electron chi connectivity index (χ1n) is 8.83. The highest BCUT2D eigenvalue weighted by atomic mass is 32.2. The minimum absolute atomic E-state index is 0.299. The van der Waals surface area contributed by atoms with Gasteiger partial charge in [-0.3, -0.25) is 0 Å². The van der Waals surface area contributed by atoms with Crippen LogP contribution in [0.15, 0.2) is 29.3 Å². The lowest BCUT2D eigenvalue weighted by Gasteiger charge is -2.26. The van der Waals surface area contributed by atoms with Gasteiger partial charge in [-0.25, -0.2) is 4.79 Å². The van der Waals surface area contributed by atoms with E-state index in [9.17, 15) is 4.79 Å². The normalized spacial score (nSPS) is 11.7. The number of amides is 1. The second-order valence-corrected chi connectivity index (χ2v) is 9.05. The largest absolute Gasteiger partial charge is 0.492 e. The molecule has 0 radical (unpaired) electrons. The fourth-order valence-corrected chi connectivity index (χ4v) is 3.10. The summed E-state index contributed by atoms with van der Waals surface area (Å²) in [4.78, 5) is 17.8. The Balaban J connectivity index is 2.49. The highest BCUT2D eigenvalue weighted by molar-refractivity contribution is 8.16. The zero-order valence-corrected chi connectivity index (χ0v) is 19.5. The molecule has 1 atom stereocenters. The Morgan fingerprint density at radius 2 is 2.00 bits per heavy atom. The van der Waals surface area contributed by atoms with Gasteiger partial charge < -0.3 is 25.4 Å². The zero-order chi connectivity index (χ0) is 21.2. The molecule has 0 aromatic heterocycles. The maximum atomic E-state index is 12.1. The van der Waals surface area contributed by atoms with Crippen molar-refractivity contribution in [3.8, 4) is 5.75 Å². The van der Waals surface area contributed by atoms with E-state index in [1.54, 1.807) is 4.90 Å². The Morgan fingerprint density at radius 3 is 2.54 bits per heavy atom. The van der Waals surface area contributed by atoms with E-state index in [0.717, 1.165) is 11.2 Å². The summed E-state index contributed by atoms with van der Waals surface area (Å²) in [6.07, 6.45) is -0.341. The first-order valence-corrected chi connectivity index (χ1v) is 11.0. The van der Waals surface area contributed by atoms with Gasteiger partial charge in [0.05, 0.1) is 6.54 Å². The Morgan fingerprint density at radius 1 is 1.36 bits per heavy atom. The number of hydrogen-bond acceptors (Lipinski definition) is 5. The highest BCUT2D eigenvalue weighted by Crippen LogP contribution is 2.16. The summed E-state index contributed by atoms with van der Waals surface area (Å²) in [6.45, 7) is 8.80. The van der Waals surface area contributed by atoms with Gasteiger partial charge in [0.15, 0.2) is 10.3 Å². The summed E-state index contributed by atoms with van der Waals surface area (Å²) in [5.41, 5.74) is 6.75. The standard InChI is InChI=1S/C18H29N4O3PS2/c1-5-22(17(23)25-18(2,3)4)10-11-24-14-8-6-13(7-9-14)20-16(27)21-15(19)28-12-26/h6-9H,5,10-12,26H2,1-4H3,(H3,19,20,21,27). The average molecular weight is 445 g/mol. The van der Waals surface area contributed by atoms with Crippen LogP contribution in [0.1, 0.15) is 27.7 Å². The van der Waals surface area contributed by atoms with Gasteiger partial charge in [-0.1, -0.05) is 11.8 Å². The smallest absolute Gasteiger partial charge is 0.410 e. The summed E-state index contributed by atoms with van der Waals surface area (Å²) >= 11 is 6.55. The first-order chi connectivity index (χ1) is 13.1. The van der Waals surface area contributed by atoms with Gasteiger partial charge in [-0.2, -0.15) is 4.99 Å². The molecule has 0 aliphatic carbocycles. The number of thiocarbonyl (C=S) groups is 1. The van der Waals surface area contributed by atoms with E-state index < -0.39 is 5.60 Å². The first kappa shape index (κ1) is 24.5. The number of ether oxygens (including phenoxy) is 2. The van der Waals surface area contributed by atoms with Crippen molar-refractivity contribution < 1.29 is 14.3 Å². The number of amidine groups is 1. The second-order valence-electron chi connectivity index (χ2n) is 6.62. The van der Waals surface area contributed by atoms with Gasteiger partial charge >= 0.3 is 6.09 Å². The number of carbonyl (C=O) groups is 1. The molecule has 1 aromatic rings. The molecule has 0 aliphatic heterocycles. The van der Waals surface area contributed by atoms with Gasteiger partial charge in [0.2, 0.25) is 0 Å². The molecule has 1 rings (SSSR count). The van der Waals surface area contributed by atoms with Crippen LogP contribution in [0.4, 0.5) is 10.5 Å². The van der Waals surface area contributed by atoms with E-state index in [4.69, 9.17) is 27.4 Å². The number of nitrogens with one attached hydrogen (secondary N) is 1. The van der Waals surface area contributed by atoms with Crippen LogP contribution >= 0.6 is 33.2 Å². The predicted octanol–water partition coefficient (Wildman–Crippen LogP) is 3.90. The molecule has 0 spiro atoms. The number of aliphatic imine (C=N–C) groups is 1. The quantitative estimate of drug-likeness (QED) is 0.285. The van der Waals surface area contributed by atoms with Crippen molar-refractivity contribution >= 4 is 55.3 Å². The third-order valence-electron chi connectivity index (χ3n) is 3.21. The van der Waals surface area contributed by atoms with E-state index in [2.05, 4.69) is 19.5 Å². The molecule has 156 valence electrons. The lowest BCUT2D eigenvalue weighted by Crippen LogP contribution is -2.38. The Hall–Kier alpha value is -1.57. The average Bonchev–Trinajstić information content (AvgIpc) is 2.58. The van der Waals surface area contributed by atoms with Crippen LogP contribution in [0, 0.1) is 0 Å². The van der Waals surface area contributed by atoms with Crippen molar-refractivity contribution in [3.63, 3.8) is 0 Å². The molecule has 28 heavy (non-hydrogen) atoms. The van der Waals surface area contributed by atoms with Crippen molar-refractivity contribution in [1.82, 2.24) is 4.90 Å². The van der Waals surface area contributed by atoms with Crippen LogP contribution in [0.3, 0.4) is 0 Å². The lowest BCUT2D eigenvalue weighted by molar-refractivity contribution is 0.0237. The monoisotopic (exact) mass is 444 g/mol. The summed E-state index contributed by atoms with van der Waals surface area (Å²) in [5.74, 6) is 0.693. The van der Waals surface area contributed by atoms with Crippen molar-refractivity contribution in [1.29, 1.82) is 0 Å². The fraction of sp³-hybridized carbons (Fsp3) is 0.500. The molecule has 0 saturated carbocycles. The van der Waals surface area contributed by atoms with E-state index in [1.807, 2.05) is 52.0 Å². The van der Waals surface area contributed by atoms with Crippen molar-refractivity contribution in [2.75, 3.05) is 30.5 Å². The van der Waals surface area contributed by atoms with Crippen molar-refractivity contribution in [2.45, 2.75) is 33.3 Å². The maximum Gasteiger partial charge on any atom is 0.410 e. The lowest BCUT2D eigenvalue weighted by atomic mass is 10.2. The summed E-state index contributed by atoms with van der Waals surface area (Å²) < 4.78 is 11.1. The van der Waals surface area contributed by atoms with Gasteiger partial charge in [0, 0.05) is 17.7 Å². The minimum Gasteiger partial charge on any atom is -0.492 e. The molecule has 1 aromatic carbocycles. The number of anilines is 1. The number of benzene rings is 1. The van der Waals surface area contributed by atoms with E-state index in [1.165, 1.54) is 11.8 Å². The van der Waals surface area contributed by atoms with Crippen molar-refractivity contribution in [3.05, 3.63) is 24.3 Å². The third-order valence-corrected chi connectivity index (χ3v) is 4.46. The SMILES string of the molecule is CCN(CCOc1ccc(NC(=S)N=C(N)SCP)cc1)C(=O)OC(C)(C)C. The van der Waals surface area contributed by atoms with Crippen LogP contribution in [0.2, 0.25) is 0 Å². The number of carbonyl (C=O) groups excluding carboxylic acids is 1. The van der Waals surface area contributed by atoms with Gasteiger partial charge in [0.25, 0.3) is 0 Å². The summed E-state index contributed by atoms with van der Waals surface area (Å²) in [5, 5.41) is 3.71.